The Hall–Kier alpha value is -0.910. The molecule has 0 unspecified atom stereocenters. The van der Waals surface area contributed by atoms with Crippen molar-refractivity contribution in [3.05, 3.63) is 28.7 Å². The Labute approximate surface area is 102 Å². The number of aliphatic hydroxyl groups excluding tert-OH is 1. The van der Waals surface area contributed by atoms with E-state index in [0.717, 1.165) is 10.2 Å². The molecule has 86 valence electrons. The van der Waals surface area contributed by atoms with Gasteiger partial charge in [0.05, 0.1) is 6.10 Å². The summed E-state index contributed by atoms with van der Waals surface area (Å²) in [5.41, 5.74) is 0.731. The van der Waals surface area contributed by atoms with Gasteiger partial charge in [0.15, 0.2) is 0 Å². The highest BCUT2D eigenvalue weighted by molar-refractivity contribution is 9.10. The van der Waals surface area contributed by atoms with Crippen LogP contribution in [0.2, 0.25) is 0 Å². The van der Waals surface area contributed by atoms with E-state index in [9.17, 15) is 9.90 Å². The normalized spacial score (nSPS) is 24.4. The Bertz CT molecular complexity index is 380. The number of aliphatic hydroxyl groups is 1. The first kappa shape index (κ1) is 11.6. The van der Waals surface area contributed by atoms with Gasteiger partial charge < -0.3 is 15.7 Å². The van der Waals surface area contributed by atoms with Crippen molar-refractivity contribution in [2.45, 2.75) is 18.6 Å². The van der Waals surface area contributed by atoms with Crippen LogP contribution in [-0.2, 0) is 4.79 Å². The molecule has 1 aromatic carbocycles. The van der Waals surface area contributed by atoms with Crippen molar-refractivity contribution in [1.29, 1.82) is 0 Å². The molecule has 1 aromatic rings. The monoisotopic (exact) mass is 284 g/mol. The van der Waals surface area contributed by atoms with E-state index < -0.39 is 12.1 Å². The van der Waals surface area contributed by atoms with Crippen molar-refractivity contribution in [1.82, 2.24) is 5.32 Å². The Morgan fingerprint density at radius 2 is 2.12 bits per heavy atom. The van der Waals surface area contributed by atoms with Crippen LogP contribution in [0.5, 0.6) is 0 Å². The van der Waals surface area contributed by atoms with Gasteiger partial charge in [-0.05, 0) is 37.2 Å². The second-order valence-electron chi connectivity index (χ2n) is 3.78. The van der Waals surface area contributed by atoms with E-state index in [4.69, 9.17) is 0 Å². The number of carbonyl (C=O) groups excluding carboxylic acids is 1. The average Bonchev–Trinajstić information content (AvgIpc) is 2.68. The van der Waals surface area contributed by atoms with E-state index in [1.165, 1.54) is 0 Å². The zero-order valence-corrected chi connectivity index (χ0v) is 10.2. The molecule has 1 amide bonds. The summed E-state index contributed by atoms with van der Waals surface area (Å²) >= 11 is 3.32. The molecule has 1 fully saturated rings. The average molecular weight is 285 g/mol. The molecule has 1 aliphatic rings. The molecular weight excluding hydrogens is 272 g/mol. The molecule has 1 aliphatic heterocycles. The van der Waals surface area contributed by atoms with E-state index in [2.05, 4.69) is 26.6 Å². The minimum atomic E-state index is -0.588. The van der Waals surface area contributed by atoms with E-state index in [0.29, 0.717) is 13.0 Å². The molecule has 0 aromatic heterocycles. The van der Waals surface area contributed by atoms with E-state index in [1.807, 2.05) is 24.3 Å². The van der Waals surface area contributed by atoms with Crippen molar-refractivity contribution < 1.29 is 9.90 Å². The summed E-state index contributed by atoms with van der Waals surface area (Å²) in [5, 5.41) is 15.3. The molecule has 1 heterocycles. The fourth-order valence-corrected chi connectivity index (χ4v) is 1.97. The molecule has 0 bridgehead atoms. The molecule has 16 heavy (non-hydrogen) atoms. The quantitative estimate of drug-likeness (QED) is 0.763. The lowest BCUT2D eigenvalue weighted by Crippen LogP contribution is -2.42. The highest BCUT2D eigenvalue weighted by Crippen LogP contribution is 2.15. The van der Waals surface area contributed by atoms with Crippen LogP contribution in [0.1, 0.15) is 6.42 Å². The van der Waals surface area contributed by atoms with Crippen molar-refractivity contribution in [2.24, 2.45) is 0 Å². The summed E-state index contributed by atoms with van der Waals surface area (Å²) in [6.45, 7) is 0.680. The zero-order valence-electron chi connectivity index (χ0n) is 8.61. The minimum absolute atomic E-state index is 0.188. The Kier molecular flexibility index (Phi) is 3.58. The van der Waals surface area contributed by atoms with E-state index >= 15 is 0 Å². The number of anilines is 1. The lowest BCUT2D eigenvalue weighted by atomic mass is 10.1. The lowest BCUT2D eigenvalue weighted by molar-refractivity contribution is -0.119. The molecule has 0 saturated carbocycles. The zero-order chi connectivity index (χ0) is 11.5. The molecule has 0 spiro atoms. The van der Waals surface area contributed by atoms with Crippen LogP contribution in [0.15, 0.2) is 28.7 Å². The van der Waals surface area contributed by atoms with Gasteiger partial charge in [-0.15, -0.1) is 0 Å². The minimum Gasteiger partial charge on any atom is -0.391 e. The SMILES string of the molecule is O=C(Nc1ccc(Br)cc1)[C@H]1NCC[C@@H]1O. The molecule has 2 rings (SSSR count). The van der Waals surface area contributed by atoms with Crippen LogP contribution >= 0.6 is 15.9 Å². The van der Waals surface area contributed by atoms with Gasteiger partial charge in [0, 0.05) is 10.2 Å². The van der Waals surface area contributed by atoms with Crippen LogP contribution in [0.25, 0.3) is 0 Å². The van der Waals surface area contributed by atoms with Gasteiger partial charge in [0.1, 0.15) is 6.04 Å². The molecule has 2 atom stereocenters. The van der Waals surface area contributed by atoms with Gasteiger partial charge in [-0.1, -0.05) is 15.9 Å². The first-order chi connectivity index (χ1) is 7.66. The fraction of sp³-hybridized carbons (Fsp3) is 0.364. The van der Waals surface area contributed by atoms with Gasteiger partial charge in [0.2, 0.25) is 5.91 Å². The second-order valence-corrected chi connectivity index (χ2v) is 4.70. The largest absolute Gasteiger partial charge is 0.391 e. The Balaban J connectivity index is 1.99. The third-order valence-electron chi connectivity index (χ3n) is 2.58. The predicted molar refractivity (Wildman–Crippen MR) is 65.2 cm³/mol. The maximum absolute atomic E-state index is 11.8. The number of hydrogen-bond donors (Lipinski definition) is 3. The predicted octanol–water partition coefficient (Wildman–Crippen LogP) is 1.11. The van der Waals surface area contributed by atoms with E-state index in [-0.39, 0.29) is 5.91 Å². The maximum Gasteiger partial charge on any atom is 0.244 e. The van der Waals surface area contributed by atoms with Crippen LogP contribution in [0.3, 0.4) is 0 Å². The number of carbonyl (C=O) groups is 1. The topological polar surface area (TPSA) is 61.4 Å². The summed E-state index contributed by atoms with van der Waals surface area (Å²) in [5.74, 6) is -0.188. The number of nitrogens with one attached hydrogen (secondary N) is 2. The first-order valence-electron chi connectivity index (χ1n) is 5.15. The summed E-state index contributed by atoms with van der Waals surface area (Å²) < 4.78 is 0.963. The smallest absolute Gasteiger partial charge is 0.244 e. The summed E-state index contributed by atoms with van der Waals surface area (Å²) in [6.07, 6.45) is 0.0359. The van der Waals surface area contributed by atoms with E-state index in [1.54, 1.807) is 0 Å². The first-order valence-corrected chi connectivity index (χ1v) is 5.94. The highest BCUT2D eigenvalue weighted by Gasteiger charge is 2.30. The Morgan fingerprint density at radius 1 is 1.44 bits per heavy atom. The van der Waals surface area contributed by atoms with Crippen LogP contribution in [0.4, 0.5) is 5.69 Å². The Morgan fingerprint density at radius 3 is 2.69 bits per heavy atom. The number of rotatable bonds is 2. The third-order valence-corrected chi connectivity index (χ3v) is 3.11. The number of halogens is 1. The van der Waals surface area contributed by atoms with Gasteiger partial charge in [-0.3, -0.25) is 4.79 Å². The summed E-state index contributed by atoms with van der Waals surface area (Å²) in [7, 11) is 0. The van der Waals surface area contributed by atoms with Gasteiger partial charge in [0.25, 0.3) is 0 Å². The molecule has 0 aliphatic carbocycles. The molecular formula is C11H13BrN2O2. The van der Waals surface area contributed by atoms with Gasteiger partial charge in [-0.25, -0.2) is 0 Å². The van der Waals surface area contributed by atoms with Crippen LogP contribution in [0, 0.1) is 0 Å². The van der Waals surface area contributed by atoms with Gasteiger partial charge in [-0.2, -0.15) is 0 Å². The second kappa shape index (κ2) is 4.95. The third kappa shape index (κ3) is 2.61. The van der Waals surface area contributed by atoms with Crippen molar-refractivity contribution in [3.8, 4) is 0 Å². The van der Waals surface area contributed by atoms with Crippen molar-refractivity contribution in [2.75, 3.05) is 11.9 Å². The number of benzene rings is 1. The highest BCUT2D eigenvalue weighted by atomic mass is 79.9. The molecule has 3 N–H and O–H groups in total. The fourth-order valence-electron chi connectivity index (χ4n) is 1.71. The molecule has 0 radical (unpaired) electrons. The van der Waals surface area contributed by atoms with Crippen molar-refractivity contribution in [3.63, 3.8) is 0 Å². The molecule has 4 nitrogen and oxygen atoms in total. The van der Waals surface area contributed by atoms with Crippen LogP contribution in [-0.4, -0.2) is 29.7 Å². The van der Waals surface area contributed by atoms with Gasteiger partial charge >= 0.3 is 0 Å². The number of hydrogen-bond acceptors (Lipinski definition) is 3. The molecule has 5 heteroatoms. The summed E-state index contributed by atoms with van der Waals surface area (Å²) in [4.78, 5) is 11.8. The summed E-state index contributed by atoms with van der Waals surface area (Å²) in [6, 6.07) is 6.83. The molecule has 1 saturated heterocycles. The van der Waals surface area contributed by atoms with Crippen LogP contribution < -0.4 is 10.6 Å². The maximum atomic E-state index is 11.8. The number of amides is 1. The van der Waals surface area contributed by atoms with Crippen molar-refractivity contribution >= 4 is 27.5 Å². The standard InChI is InChI=1S/C11H13BrN2O2/c12-7-1-3-8(4-2-7)14-11(16)10-9(15)5-6-13-10/h1-4,9-10,13,15H,5-6H2,(H,14,16)/t9-,10-/m0/s1. The lowest BCUT2D eigenvalue weighted by Gasteiger charge is -2.14.